The fourth-order valence-corrected chi connectivity index (χ4v) is 7.42. The van der Waals surface area contributed by atoms with Gasteiger partial charge < -0.3 is 5.11 Å². The Bertz CT molecular complexity index is 469. The predicted octanol–water partition coefficient (Wildman–Crippen LogP) is 7.09. The van der Waals surface area contributed by atoms with Gasteiger partial charge in [-0.2, -0.15) is 11.8 Å². The molecule has 0 aromatic carbocycles. The predicted molar refractivity (Wildman–Crippen MR) is 116 cm³/mol. The van der Waals surface area contributed by atoms with E-state index in [9.17, 15) is 4.79 Å². The summed E-state index contributed by atoms with van der Waals surface area (Å²) in [5, 5.41) is 9.69. The molecule has 0 aromatic rings. The van der Waals surface area contributed by atoms with Crippen molar-refractivity contribution in [2.45, 2.75) is 102 Å². The lowest BCUT2D eigenvalue weighted by Crippen LogP contribution is -2.22. The molecular weight excluding hydrogens is 352 g/mol. The van der Waals surface area contributed by atoms with Gasteiger partial charge in [0.1, 0.15) is 0 Å². The molecule has 0 amide bonds. The molecule has 0 saturated heterocycles. The molecule has 0 heterocycles. The fourth-order valence-electron chi connectivity index (χ4n) is 6.05. The van der Waals surface area contributed by atoms with Crippen LogP contribution in [0.3, 0.4) is 0 Å². The maximum absolute atomic E-state index is 10.6. The van der Waals surface area contributed by atoms with Crippen molar-refractivity contribution in [1.82, 2.24) is 0 Å². The topological polar surface area (TPSA) is 37.3 Å². The Morgan fingerprint density at radius 2 is 1.70 bits per heavy atom. The molecule has 0 spiro atoms. The standard InChI is InChI=1S/C24H40O2S/c25-24(26)14-7-2-1-6-12-22-19-15-16-20(18-19)23(22)13-8-9-17-27-21-10-4-3-5-11-21/h1,6,19-23H,2-5,7-18H2,(H,25,26)/t19-,20+,22-,23+/m0/s1. The van der Waals surface area contributed by atoms with E-state index in [0.29, 0.717) is 6.42 Å². The summed E-state index contributed by atoms with van der Waals surface area (Å²) in [5.41, 5.74) is 0. The van der Waals surface area contributed by atoms with Crippen LogP contribution in [-0.4, -0.2) is 22.1 Å². The van der Waals surface area contributed by atoms with Crippen LogP contribution < -0.4 is 0 Å². The molecular formula is C24H40O2S. The molecule has 3 aliphatic rings. The summed E-state index contributed by atoms with van der Waals surface area (Å²) in [6.07, 6.45) is 24.0. The average molecular weight is 393 g/mol. The van der Waals surface area contributed by atoms with Gasteiger partial charge >= 0.3 is 5.97 Å². The highest BCUT2D eigenvalue weighted by molar-refractivity contribution is 7.99. The van der Waals surface area contributed by atoms with Crippen LogP contribution >= 0.6 is 11.8 Å². The van der Waals surface area contributed by atoms with Crippen molar-refractivity contribution in [2.75, 3.05) is 5.75 Å². The number of fused-ring (bicyclic) bond motifs is 2. The van der Waals surface area contributed by atoms with Crippen molar-refractivity contribution in [3.8, 4) is 0 Å². The summed E-state index contributed by atoms with van der Waals surface area (Å²) in [6.45, 7) is 0. The van der Waals surface area contributed by atoms with Gasteiger partial charge in [0.2, 0.25) is 0 Å². The second-order valence-electron chi connectivity index (χ2n) is 9.28. The zero-order valence-electron chi connectivity index (χ0n) is 17.1. The zero-order valence-corrected chi connectivity index (χ0v) is 17.9. The number of thioether (sulfide) groups is 1. The molecule has 154 valence electrons. The number of allylic oxidation sites excluding steroid dienone is 2. The minimum Gasteiger partial charge on any atom is -0.481 e. The number of carboxylic acids is 1. The molecule has 3 saturated carbocycles. The van der Waals surface area contributed by atoms with E-state index in [-0.39, 0.29) is 0 Å². The zero-order chi connectivity index (χ0) is 18.9. The minimum atomic E-state index is -0.668. The Balaban J connectivity index is 1.31. The summed E-state index contributed by atoms with van der Waals surface area (Å²) in [6, 6.07) is 0. The smallest absolute Gasteiger partial charge is 0.303 e. The Labute approximate surface area is 171 Å². The van der Waals surface area contributed by atoms with Gasteiger partial charge in [0.15, 0.2) is 0 Å². The summed E-state index contributed by atoms with van der Waals surface area (Å²) in [5.74, 6) is 4.63. The molecule has 3 heteroatoms. The Hall–Kier alpha value is -0.440. The van der Waals surface area contributed by atoms with E-state index in [0.717, 1.165) is 41.8 Å². The van der Waals surface area contributed by atoms with Gasteiger partial charge in [-0.25, -0.2) is 0 Å². The third kappa shape index (κ3) is 6.84. The van der Waals surface area contributed by atoms with Crippen molar-refractivity contribution >= 4 is 17.7 Å². The molecule has 3 fully saturated rings. The normalized spacial score (nSPS) is 31.1. The maximum Gasteiger partial charge on any atom is 0.303 e. The van der Waals surface area contributed by atoms with Crippen LogP contribution in [0.4, 0.5) is 0 Å². The third-order valence-corrected chi connectivity index (χ3v) is 8.92. The first-order chi connectivity index (χ1) is 13.2. The van der Waals surface area contributed by atoms with Crippen molar-refractivity contribution < 1.29 is 9.90 Å². The third-order valence-electron chi connectivity index (χ3n) is 7.45. The first-order valence-electron chi connectivity index (χ1n) is 11.7. The Kier molecular flexibility index (Phi) is 9.09. The molecule has 4 atom stereocenters. The molecule has 2 nitrogen and oxygen atoms in total. The van der Waals surface area contributed by atoms with Gasteiger partial charge in [-0.05, 0) is 93.6 Å². The van der Waals surface area contributed by atoms with Gasteiger partial charge in [-0.3, -0.25) is 4.79 Å². The van der Waals surface area contributed by atoms with Gasteiger partial charge in [0.25, 0.3) is 0 Å². The first-order valence-corrected chi connectivity index (χ1v) is 12.8. The molecule has 0 aliphatic heterocycles. The van der Waals surface area contributed by atoms with Crippen molar-refractivity contribution in [3.63, 3.8) is 0 Å². The van der Waals surface area contributed by atoms with Crippen LogP contribution in [0.15, 0.2) is 12.2 Å². The molecule has 0 radical (unpaired) electrons. The van der Waals surface area contributed by atoms with Crippen molar-refractivity contribution in [3.05, 3.63) is 12.2 Å². The average Bonchev–Trinajstić information content (AvgIpc) is 3.27. The van der Waals surface area contributed by atoms with Crippen LogP contribution in [-0.2, 0) is 4.79 Å². The second kappa shape index (κ2) is 11.5. The number of hydrogen-bond acceptors (Lipinski definition) is 2. The highest BCUT2D eigenvalue weighted by Crippen LogP contribution is 2.55. The van der Waals surface area contributed by atoms with E-state index in [2.05, 4.69) is 23.9 Å². The molecule has 0 unspecified atom stereocenters. The lowest BCUT2D eigenvalue weighted by Gasteiger charge is -2.30. The van der Waals surface area contributed by atoms with Crippen LogP contribution in [0.1, 0.15) is 96.3 Å². The van der Waals surface area contributed by atoms with Crippen LogP contribution in [0.5, 0.6) is 0 Å². The number of carbonyl (C=O) groups is 1. The van der Waals surface area contributed by atoms with E-state index in [4.69, 9.17) is 5.11 Å². The fraction of sp³-hybridized carbons (Fsp3) is 0.875. The highest BCUT2D eigenvalue weighted by atomic mass is 32.2. The number of rotatable bonds is 12. The molecule has 0 aromatic heterocycles. The largest absolute Gasteiger partial charge is 0.481 e. The first kappa shape index (κ1) is 21.3. The molecule has 3 rings (SSSR count). The Morgan fingerprint density at radius 3 is 2.48 bits per heavy atom. The van der Waals surface area contributed by atoms with E-state index < -0.39 is 5.97 Å². The molecule has 2 bridgehead atoms. The molecule has 1 N–H and O–H groups in total. The van der Waals surface area contributed by atoms with Gasteiger partial charge in [-0.15, -0.1) is 0 Å². The summed E-state index contributed by atoms with van der Waals surface area (Å²) >= 11 is 2.27. The highest BCUT2D eigenvalue weighted by Gasteiger charge is 2.45. The van der Waals surface area contributed by atoms with Gasteiger partial charge in [0.05, 0.1) is 0 Å². The van der Waals surface area contributed by atoms with Gasteiger partial charge in [-0.1, -0.05) is 37.8 Å². The molecule has 3 aliphatic carbocycles. The van der Waals surface area contributed by atoms with E-state index in [1.54, 1.807) is 0 Å². The number of unbranched alkanes of at least 4 members (excludes halogenated alkanes) is 2. The second-order valence-corrected chi connectivity index (χ2v) is 10.7. The molecule has 27 heavy (non-hydrogen) atoms. The summed E-state index contributed by atoms with van der Waals surface area (Å²) in [4.78, 5) is 10.6. The van der Waals surface area contributed by atoms with E-state index >= 15 is 0 Å². The summed E-state index contributed by atoms with van der Waals surface area (Å²) < 4.78 is 0. The van der Waals surface area contributed by atoms with E-state index in [1.807, 2.05) is 0 Å². The van der Waals surface area contributed by atoms with Crippen LogP contribution in [0.25, 0.3) is 0 Å². The van der Waals surface area contributed by atoms with Crippen molar-refractivity contribution in [2.24, 2.45) is 23.7 Å². The lowest BCUT2D eigenvalue weighted by molar-refractivity contribution is -0.137. The quantitative estimate of drug-likeness (QED) is 0.284. The monoisotopic (exact) mass is 392 g/mol. The minimum absolute atomic E-state index is 0.306. The number of carboxylic acid groups (broad SMARTS) is 1. The Morgan fingerprint density at radius 1 is 0.926 bits per heavy atom. The summed E-state index contributed by atoms with van der Waals surface area (Å²) in [7, 11) is 0. The number of hydrogen-bond donors (Lipinski definition) is 1. The van der Waals surface area contributed by atoms with E-state index in [1.165, 1.54) is 82.8 Å². The van der Waals surface area contributed by atoms with Crippen LogP contribution in [0, 0.1) is 23.7 Å². The van der Waals surface area contributed by atoms with Gasteiger partial charge in [0, 0.05) is 11.7 Å². The van der Waals surface area contributed by atoms with Crippen molar-refractivity contribution in [1.29, 1.82) is 0 Å². The van der Waals surface area contributed by atoms with Crippen LogP contribution in [0.2, 0.25) is 0 Å². The lowest BCUT2D eigenvalue weighted by atomic mass is 9.75. The SMILES string of the molecule is O=C(O)CCCC=CC[C@H]1[C@H]2CC[C@H](C2)[C@H]1CCCCSC1CCCCC1. The maximum atomic E-state index is 10.6. The number of aliphatic carboxylic acids is 1.